The van der Waals surface area contributed by atoms with Gasteiger partial charge < -0.3 is 4.57 Å². The van der Waals surface area contributed by atoms with Gasteiger partial charge in [0, 0.05) is 18.3 Å². The van der Waals surface area contributed by atoms with E-state index in [4.69, 9.17) is 16.6 Å². The average Bonchev–Trinajstić information content (AvgIpc) is 2.98. The summed E-state index contributed by atoms with van der Waals surface area (Å²) in [5, 5.41) is 5.32. The number of imidazole rings is 1. The van der Waals surface area contributed by atoms with Crippen LogP contribution in [0.25, 0.3) is 11.2 Å². The summed E-state index contributed by atoms with van der Waals surface area (Å²) in [6.45, 7) is 2.02. The van der Waals surface area contributed by atoms with Gasteiger partial charge in [-0.25, -0.2) is 4.98 Å². The summed E-state index contributed by atoms with van der Waals surface area (Å²) in [7, 11) is 2.00. The Bertz CT molecular complexity index is 610. The summed E-state index contributed by atoms with van der Waals surface area (Å²) < 4.78 is 4.30. The maximum atomic E-state index is 6.12. The summed E-state index contributed by atoms with van der Waals surface area (Å²) in [5.74, 6) is 1.46. The van der Waals surface area contributed by atoms with Crippen molar-refractivity contribution in [2.75, 3.05) is 6.26 Å². The van der Waals surface area contributed by atoms with Gasteiger partial charge in [-0.15, -0.1) is 11.6 Å². The second-order valence-electron chi connectivity index (χ2n) is 5.58. The number of halogens is 1. The monoisotopic (exact) mass is 312 g/mol. The molecule has 1 aliphatic carbocycles. The van der Waals surface area contributed by atoms with Crippen LogP contribution in [0.3, 0.4) is 0 Å². The van der Waals surface area contributed by atoms with Crippen molar-refractivity contribution in [3.05, 3.63) is 11.5 Å². The molecule has 110 valence electrons. The van der Waals surface area contributed by atoms with Gasteiger partial charge in [-0.05, 0) is 38.9 Å². The fourth-order valence-electron chi connectivity index (χ4n) is 3.36. The zero-order valence-electron chi connectivity index (χ0n) is 12.3. The lowest BCUT2D eigenvalue weighted by Crippen LogP contribution is -2.21. The largest absolute Gasteiger partial charge is 0.309 e. The van der Waals surface area contributed by atoms with E-state index >= 15 is 0 Å². The zero-order valence-corrected chi connectivity index (χ0v) is 13.8. The number of aromatic nitrogens is 4. The van der Waals surface area contributed by atoms with Crippen molar-refractivity contribution in [1.29, 1.82) is 0 Å². The molecule has 1 fully saturated rings. The highest BCUT2D eigenvalue weighted by Crippen LogP contribution is 2.36. The van der Waals surface area contributed by atoms with Crippen molar-refractivity contribution in [2.45, 2.75) is 49.8 Å². The van der Waals surface area contributed by atoms with Crippen LogP contribution in [0.2, 0.25) is 0 Å². The third-order valence-corrected chi connectivity index (χ3v) is 5.75. The number of hydrogen-bond donors (Lipinski definition) is 0. The SMILES string of the molecule is CSC1CCC(n2c(CCl)nc3c(C)nn(C)c32)CC1. The van der Waals surface area contributed by atoms with E-state index < -0.39 is 0 Å². The molecule has 0 unspecified atom stereocenters. The fraction of sp³-hybridized carbons (Fsp3) is 0.714. The van der Waals surface area contributed by atoms with Gasteiger partial charge in [0.1, 0.15) is 11.3 Å². The van der Waals surface area contributed by atoms with Gasteiger partial charge in [0.05, 0.1) is 11.6 Å². The van der Waals surface area contributed by atoms with E-state index in [0.29, 0.717) is 11.9 Å². The van der Waals surface area contributed by atoms with Crippen LogP contribution < -0.4 is 0 Å². The van der Waals surface area contributed by atoms with Gasteiger partial charge in [0.25, 0.3) is 0 Å². The molecule has 0 aromatic carbocycles. The first-order valence-corrected chi connectivity index (χ1v) is 8.97. The predicted octanol–water partition coefficient (Wildman–Crippen LogP) is 3.66. The van der Waals surface area contributed by atoms with Gasteiger partial charge in [0.15, 0.2) is 5.65 Å². The van der Waals surface area contributed by atoms with Gasteiger partial charge in [-0.2, -0.15) is 16.9 Å². The van der Waals surface area contributed by atoms with Gasteiger partial charge in [-0.3, -0.25) is 4.68 Å². The summed E-state index contributed by atoms with van der Waals surface area (Å²) >= 11 is 8.12. The minimum Gasteiger partial charge on any atom is -0.309 e. The molecule has 1 aliphatic rings. The lowest BCUT2D eigenvalue weighted by molar-refractivity contribution is 0.357. The molecule has 0 atom stereocenters. The Labute approximate surface area is 128 Å². The smallest absolute Gasteiger partial charge is 0.158 e. The molecule has 0 aliphatic heterocycles. The molecule has 0 saturated heterocycles. The molecule has 0 N–H and O–H groups in total. The van der Waals surface area contributed by atoms with Crippen LogP contribution in [-0.2, 0) is 12.9 Å². The molecule has 0 spiro atoms. The number of nitrogens with zero attached hydrogens (tertiary/aromatic N) is 4. The molecule has 0 amide bonds. The highest BCUT2D eigenvalue weighted by molar-refractivity contribution is 7.99. The van der Waals surface area contributed by atoms with E-state index in [9.17, 15) is 0 Å². The molecule has 2 aromatic rings. The quantitative estimate of drug-likeness (QED) is 0.811. The van der Waals surface area contributed by atoms with Gasteiger partial charge in [0.2, 0.25) is 0 Å². The predicted molar refractivity (Wildman–Crippen MR) is 85.6 cm³/mol. The zero-order chi connectivity index (χ0) is 14.3. The molecular weight excluding hydrogens is 292 g/mol. The first-order chi connectivity index (χ1) is 9.65. The minimum absolute atomic E-state index is 0.469. The molecule has 0 bridgehead atoms. The van der Waals surface area contributed by atoms with Crippen molar-refractivity contribution in [2.24, 2.45) is 7.05 Å². The van der Waals surface area contributed by atoms with Crippen molar-refractivity contribution in [1.82, 2.24) is 19.3 Å². The summed E-state index contributed by atoms with van der Waals surface area (Å²) in [6.07, 6.45) is 7.21. The van der Waals surface area contributed by atoms with Crippen molar-refractivity contribution in [3.8, 4) is 0 Å². The number of alkyl halides is 1. The lowest BCUT2D eigenvalue weighted by Gasteiger charge is -2.29. The Morgan fingerprint density at radius 3 is 2.60 bits per heavy atom. The number of thioether (sulfide) groups is 1. The Morgan fingerprint density at radius 2 is 2.00 bits per heavy atom. The Kier molecular flexibility index (Phi) is 4.00. The molecule has 2 heterocycles. The summed E-state index contributed by atoms with van der Waals surface area (Å²) in [5.41, 5.74) is 3.13. The third-order valence-electron chi connectivity index (χ3n) is 4.37. The standard InChI is InChI=1S/C14H21ClN4S/c1-9-13-14(18(2)17-9)19(12(8-15)16-13)10-4-6-11(20-3)7-5-10/h10-11H,4-8H2,1-3H3. The number of hydrogen-bond acceptors (Lipinski definition) is 3. The Hall–Kier alpha value is -0.680. The van der Waals surface area contributed by atoms with Crippen LogP contribution in [0.1, 0.15) is 43.2 Å². The number of rotatable bonds is 3. The molecule has 20 heavy (non-hydrogen) atoms. The van der Waals surface area contributed by atoms with E-state index in [1.165, 1.54) is 25.7 Å². The number of fused-ring (bicyclic) bond motifs is 1. The Balaban J connectivity index is 2.01. The van der Waals surface area contributed by atoms with Crippen LogP contribution in [0.15, 0.2) is 0 Å². The normalized spacial score (nSPS) is 23.6. The van der Waals surface area contributed by atoms with Crippen LogP contribution in [-0.4, -0.2) is 30.8 Å². The number of aryl methyl sites for hydroxylation is 2. The molecule has 3 rings (SSSR count). The molecule has 1 saturated carbocycles. The fourth-order valence-corrected chi connectivity index (χ4v) is 4.29. The third kappa shape index (κ3) is 2.25. The van der Waals surface area contributed by atoms with Crippen molar-refractivity contribution < 1.29 is 0 Å². The average molecular weight is 313 g/mol. The van der Waals surface area contributed by atoms with Crippen LogP contribution >= 0.6 is 23.4 Å². The van der Waals surface area contributed by atoms with Gasteiger partial charge >= 0.3 is 0 Å². The first-order valence-electron chi connectivity index (χ1n) is 7.14. The summed E-state index contributed by atoms with van der Waals surface area (Å²) in [4.78, 5) is 4.71. The molecule has 0 radical (unpaired) electrons. The Morgan fingerprint density at radius 1 is 1.30 bits per heavy atom. The molecule has 2 aromatic heterocycles. The van der Waals surface area contributed by atoms with Crippen molar-refractivity contribution in [3.63, 3.8) is 0 Å². The highest BCUT2D eigenvalue weighted by Gasteiger charge is 2.27. The van der Waals surface area contributed by atoms with Crippen LogP contribution in [0, 0.1) is 6.92 Å². The minimum atomic E-state index is 0.469. The van der Waals surface area contributed by atoms with Gasteiger partial charge in [-0.1, -0.05) is 0 Å². The van der Waals surface area contributed by atoms with E-state index in [0.717, 1.165) is 27.9 Å². The second kappa shape index (κ2) is 5.60. The maximum absolute atomic E-state index is 6.12. The molecule has 6 heteroatoms. The second-order valence-corrected chi connectivity index (χ2v) is 6.98. The first kappa shape index (κ1) is 14.3. The van der Waals surface area contributed by atoms with Crippen LogP contribution in [0.4, 0.5) is 0 Å². The van der Waals surface area contributed by atoms with E-state index in [1.54, 1.807) is 0 Å². The van der Waals surface area contributed by atoms with Crippen LogP contribution in [0.5, 0.6) is 0 Å². The van der Waals surface area contributed by atoms with E-state index in [-0.39, 0.29) is 0 Å². The maximum Gasteiger partial charge on any atom is 0.158 e. The summed E-state index contributed by atoms with van der Waals surface area (Å²) in [6, 6.07) is 0.520. The van der Waals surface area contributed by atoms with Crippen molar-refractivity contribution >= 4 is 34.5 Å². The molecule has 4 nitrogen and oxygen atoms in total. The highest BCUT2D eigenvalue weighted by atomic mass is 35.5. The molecular formula is C14H21ClN4S. The van der Waals surface area contributed by atoms with E-state index in [2.05, 4.69) is 15.9 Å². The topological polar surface area (TPSA) is 35.6 Å². The van der Waals surface area contributed by atoms with E-state index in [1.807, 2.05) is 30.4 Å². The lowest BCUT2D eigenvalue weighted by atomic mass is 9.94.